The van der Waals surface area contributed by atoms with Crippen LogP contribution in [0, 0.1) is 12.0 Å². The third kappa shape index (κ3) is 0.994. The normalized spacial score (nSPS) is 10.7. The molecular formula is C8H4ClFN. The van der Waals surface area contributed by atoms with E-state index in [0.29, 0.717) is 10.4 Å². The van der Waals surface area contributed by atoms with Gasteiger partial charge in [0.15, 0.2) is 0 Å². The van der Waals surface area contributed by atoms with Crippen molar-refractivity contribution in [1.29, 1.82) is 0 Å². The first-order valence-electron chi connectivity index (χ1n) is 3.12. The highest BCUT2D eigenvalue weighted by Crippen LogP contribution is 2.22. The molecule has 0 bridgehead atoms. The lowest BCUT2D eigenvalue weighted by atomic mass is 10.2. The Kier molecular flexibility index (Phi) is 1.36. The van der Waals surface area contributed by atoms with Crippen molar-refractivity contribution >= 4 is 22.5 Å². The predicted molar refractivity (Wildman–Crippen MR) is 42.1 cm³/mol. The van der Waals surface area contributed by atoms with Crippen LogP contribution in [0.25, 0.3) is 10.9 Å². The molecule has 1 nitrogen and oxygen atoms in total. The lowest BCUT2D eigenvalue weighted by Crippen LogP contribution is -1.71. The number of benzene rings is 1. The molecule has 0 aliphatic heterocycles. The van der Waals surface area contributed by atoms with E-state index in [1.165, 1.54) is 12.1 Å². The minimum atomic E-state index is -0.285. The van der Waals surface area contributed by atoms with Crippen LogP contribution in [0.4, 0.5) is 4.39 Å². The Hall–Kier alpha value is -1.02. The summed E-state index contributed by atoms with van der Waals surface area (Å²) in [5.41, 5.74) is 0.802. The Balaban J connectivity index is 2.87. The highest BCUT2D eigenvalue weighted by Gasteiger charge is 2.01. The fourth-order valence-electron chi connectivity index (χ4n) is 0.997. The van der Waals surface area contributed by atoms with Gasteiger partial charge >= 0.3 is 0 Å². The lowest BCUT2D eigenvalue weighted by molar-refractivity contribution is 0.630. The van der Waals surface area contributed by atoms with E-state index in [-0.39, 0.29) is 5.82 Å². The summed E-state index contributed by atoms with van der Waals surface area (Å²) < 4.78 is 12.6. The molecule has 55 valence electrons. The van der Waals surface area contributed by atoms with Gasteiger partial charge in [0.1, 0.15) is 5.82 Å². The summed E-state index contributed by atoms with van der Waals surface area (Å²) in [6, 6.07) is 4.39. The maximum absolute atomic E-state index is 12.6. The number of rotatable bonds is 0. The molecule has 1 N–H and O–H groups in total. The van der Waals surface area contributed by atoms with Gasteiger partial charge in [-0.15, -0.1) is 0 Å². The predicted octanol–water partition coefficient (Wildman–Crippen LogP) is 2.76. The summed E-state index contributed by atoms with van der Waals surface area (Å²) in [5, 5.41) is 1.10. The van der Waals surface area contributed by atoms with Crippen LogP contribution in [0.1, 0.15) is 0 Å². The van der Waals surface area contributed by atoms with Crippen molar-refractivity contribution in [2.24, 2.45) is 0 Å². The first-order chi connectivity index (χ1) is 5.27. The van der Waals surface area contributed by atoms with E-state index in [9.17, 15) is 4.39 Å². The molecule has 0 atom stereocenters. The van der Waals surface area contributed by atoms with Gasteiger partial charge in [-0.2, -0.15) is 0 Å². The van der Waals surface area contributed by atoms with Crippen LogP contribution in [0.2, 0.25) is 5.02 Å². The molecule has 1 aromatic carbocycles. The fourth-order valence-corrected chi connectivity index (χ4v) is 1.20. The van der Waals surface area contributed by atoms with Crippen LogP contribution in [-0.2, 0) is 0 Å². The van der Waals surface area contributed by atoms with Gasteiger partial charge < -0.3 is 4.98 Å². The highest BCUT2D eigenvalue weighted by atomic mass is 35.5. The van der Waals surface area contributed by atoms with Crippen molar-refractivity contribution in [3.63, 3.8) is 0 Å². The molecule has 0 saturated carbocycles. The van der Waals surface area contributed by atoms with E-state index in [2.05, 4.69) is 11.2 Å². The van der Waals surface area contributed by atoms with Gasteiger partial charge in [0, 0.05) is 10.9 Å². The van der Waals surface area contributed by atoms with Gasteiger partial charge in [-0.25, -0.2) is 4.39 Å². The lowest BCUT2D eigenvalue weighted by Gasteiger charge is -1.89. The first-order valence-corrected chi connectivity index (χ1v) is 3.49. The SMILES string of the molecule is Fc1ccc2[nH][c]c(Cl)c2c1. The van der Waals surface area contributed by atoms with Crippen molar-refractivity contribution < 1.29 is 4.39 Å². The van der Waals surface area contributed by atoms with Gasteiger partial charge in [-0.1, -0.05) is 11.6 Å². The van der Waals surface area contributed by atoms with Crippen molar-refractivity contribution in [2.75, 3.05) is 0 Å². The number of aromatic nitrogens is 1. The fraction of sp³-hybridized carbons (Fsp3) is 0. The number of aromatic amines is 1. The smallest absolute Gasteiger partial charge is 0.124 e. The van der Waals surface area contributed by atoms with E-state index in [1.54, 1.807) is 6.07 Å². The number of hydrogen-bond acceptors (Lipinski definition) is 0. The monoisotopic (exact) mass is 168 g/mol. The summed E-state index contributed by atoms with van der Waals surface area (Å²) in [6.45, 7) is 0. The minimum absolute atomic E-state index is 0.285. The molecule has 11 heavy (non-hydrogen) atoms. The Morgan fingerprint density at radius 1 is 1.45 bits per heavy atom. The van der Waals surface area contributed by atoms with Crippen LogP contribution in [-0.4, -0.2) is 4.98 Å². The van der Waals surface area contributed by atoms with Crippen molar-refractivity contribution in [2.45, 2.75) is 0 Å². The quantitative estimate of drug-likeness (QED) is 0.623. The average molecular weight is 169 g/mol. The maximum atomic E-state index is 12.6. The summed E-state index contributed by atoms with van der Waals surface area (Å²) in [4.78, 5) is 2.79. The molecule has 0 fully saturated rings. The molecule has 0 saturated heterocycles. The number of fused-ring (bicyclic) bond motifs is 1. The van der Waals surface area contributed by atoms with Crippen molar-refractivity contribution in [3.05, 3.63) is 35.2 Å². The van der Waals surface area contributed by atoms with E-state index in [0.717, 1.165) is 5.52 Å². The summed E-state index contributed by atoms with van der Waals surface area (Å²) in [6.07, 6.45) is 2.68. The van der Waals surface area contributed by atoms with Crippen LogP contribution in [0.15, 0.2) is 18.2 Å². The number of hydrogen-bond donors (Lipinski definition) is 1. The minimum Gasteiger partial charge on any atom is -0.352 e. The van der Waals surface area contributed by atoms with Crippen LogP contribution in [0.3, 0.4) is 0 Å². The first kappa shape index (κ1) is 6.68. The van der Waals surface area contributed by atoms with E-state index < -0.39 is 0 Å². The van der Waals surface area contributed by atoms with E-state index in [4.69, 9.17) is 11.6 Å². The maximum Gasteiger partial charge on any atom is 0.124 e. The molecule has 0 aliphatic rings. The molecule has 1 aromatic heterocycles. The zero-order valence-electron chi connectivity index (χ0n) is 5.49. The van der Waals surface area contributed by atoms with Gasteiger partial charge in [-0.3, -0.25) is 0 Å². The molecule has 0 amide bonds. The topological polar surface area (TPSA) is 15.8 Å². The van der Waals surface area contributed by atoms with Gasteiger partial charge in [-0.05, 0) is 18.2 Å². The van der Waals surface area contributed by atoms with Crippen molar-refractivity contribution in [1.82, 2.24) is 4.98 Å². The van der Waals surface area contributed by atoms with Crippen molar-refractivity contribution in [3.8, 4) is 0 Å². The zero-order chi connectivity index (χ0) is 7.84. The molecule has 0 aliphatic carbocycles. The van der Waals surface area contributed by atoms with Crippen LogP contribution >= 0.6 is 11.6 Å². The average Bonchev–Trinajstić information content (AvgIpc) is 2.33. The number of H-pyrrole nitrogens is 1. The molecule has 3 heteroatoms. The molecule has 0 spiro atoms. The summed E-state index contributed by atoms with van der Waals surface area (Å²) in [5.74, 6) is -0.285. The second-order valence-corrected chi connectivity index (χ2v) is 2.63. The van der Waals surface area contributed by atoms with Gasteiger partial charge in [0.2, 0.25) is 0 Å². The van der Waals surface area contributed by atoms with Crippen LogP contribution < -0.4 is 0 Å². The molecule has 2 rings (SSSR count). The van der Waals surface area contributed by atoms with Crippen LogP contribution in [0.5, 0.6) is 0 Å². The molecule has 2 aromatic rings. The van der Waals surface area contributed by atoms with Gasteiger partial charge in [0.25, 0.3) is 0 Å². The molecule has 1 heterocycles. The Bertz CT molecular complexity index is 394. The Morgan fingerprint density at radius 2 is 2.27 bits per heavy atom. The molecule has 0 unspecified atom stereocenters. The van der Waals surface area contributed by atoms with E-state index in [1.807, 2.05) is 0 Å². The number of halogens is 2. The Labute approximate surface area is 67.8 Å². The van der Waals surface area contributed by atoms with E-state index >= 15 is 0 Å². The summed E-state index contributed by atoms with van der Waals surface area (Å²) >= 11 is 5.69. The highest BCUT2D eigenvalue weighted by molar-refractivity contribution is 6.35. The zero-order valence-corrected chi connectivity index (χ0v) is 6.24. The number of nitrogens with one attached hydrogen (secondary N) is 1. The summed E-state index contributed by atoms with van der Waals surface area (Å²) in [7, 11) is 0. The third-order valence-electron chi connectivity index (χ3n) is 1.52. The van der Waals surface area contributed by atoms with Gasteiger partial charge in [0.05, 0.1) is 11.2 Å². The largest absolute Gasteiger partial charge is 0.352 e. The molecular weight excluding hydrogens is 165 g/mol. The third-order valence-corrected chi connectivity index (χ3v) is 1.82. The molecule has 1 radical (unpaired) electrons. The second-order valence-electron chi connectivity index (χ2n) is 2.25. The Morgan fingerprint density at radius 3 is 3.09 bits per heavy atom. The standard InChI is InChI=1S/C8H4ClFN/c9-7-4-11-8-2-1-5(10)3-6(7)8/h1-3,11H. The second kappa shape index (κ2) is 2.24.